The summed E-state index contributed by atoms with van der Waals surface area (Å²) in [6.07, 6.45) is 5.03. The first-order valence-corrected chi connectivity index (χ1v) is 9.60. The molecule has 26 heavy (non-hydrogen) atoms. The van der Waals surface area contributed by atoms with E-state index in [9.17, 15) is 0 Å². The van der Waals surface area contributed by atoms with Gasteiger partial charge >= 0.3 is 0 Å². The Balaban J connectivity index is 1.77. The molecule has 1 N–H and O–H groups in total. The number of thiol groups is 1. The number of thiophene rings is 1. The highest BCUT2D eigenvalue weighted by Gasteiger charge is 2.07. The van der Waals surface area contributed by atoms with Gasteiger partial charge in [-0.3, -0.25) is 0 Å². The summed E-state index contributed by atoms with van der Waals surface area (Å²) in [5.41, 5.74) is 4.70. The molecule has 0 saturated heterocycles. The van der Waals surface area contributed by atoms with Crippen molar-refractivity contribution in [2.75, 3.05) is 0 Å². The number of allylic oxidation sites excluding steroid dienone is 1. The van der Waals surface area contributed by atoms with Crippen LogP contribution in [0.4, 0.5) is 0 Å². The molecule has 0 aliphatic carbocycles. The predicted octanol–water partition coefficient (Wildman–Crippen LogP) is 7.19. The zero-order chi connectivity index (χ0) is 17.9. The Morgan fingerprint density at radius 3 is 2.38 bits per heavy atom. The molecule has 0 unspecified atom stereocenters. The largest absolute Gasteiger partial charge is 0.309 e. The van der Waals surface area contributed by atoms with E-state index in [1.54, 1.807) is 17.4 Å². The van der Waals surface area contributed by atoms with Crippen LogP contribution in [0, 0.1) is 5.41 Å². The fourth-order valence-corrected chi connectivity index (χ4v) is 4.26. The third-order valence-corrected chi connectivity index (χ3v) is 5.78. The average molecular weight is 372 g/mol. The lowest BCUT2D eigenvalue weighted by atomic mass is 9.98. The quantitative estimate of drug-likeness (QED) is 0.280. The van der Waals surface area contributed by atoms with Gasteiger partial charge in [-0.1, -0.05) is 42.5 Å². The Morgan fingerprint density at radius 1 is 0.808 bits per heavy atom. The van der Waals surface area contributed by atoms with Gasteiger partial charge < -0.3 is 5.41 Å². The van der Waals surface area contributed by atoms with Crippen molar-refractivity contribution in [1.29, 1.82) is 5.41 Å². The molecule has 4 rings (SSSR count). The Kier molecular flexibility index (Phi) is 4.74. The van der Waals surface area contributed by atoms with Crippen LogP contribution in [0.2, 0.25) is 0 Å². The number of nitrogens with one attached hydrogen (secondary N) is 1. The van der Waals surface area contributed by atoms with E-state index in [-0.39, 0.29) is 0 Å². The molecule has 0 aliphatic heterocycles. The first-order valence-electron chi connectivity index (χ1n) is 8.34. The van der Waals surface area contributed by atoms with Gasteiger partial charge in [-0.2, -0.15) is 0 Å². The SMILES string of the molecule is N=C/C=C\c1cc2cc(-c3ccc(S)c(-c4ccccc4)c3)ccc2s1. The molecule has 0 aliphatic rings. The van der Waals surface area contributed by atoms with E-state index in [1.165, 1.54) is 33.0 Å². The van der Waals surface area contributed by atoms with Crippen molar-refractivity contribution in [3.8, 4) is 22.3 Å². The second-order valence-corrected chi connectivity index (χ2v) is 7.62. The van der Waals surface area contributed by atoms with E-state index < -0.39 is 0 Å². The van der Waals surface area contributed by atoms with Crippen molar-refractivity contribution in [2.45, 2.75) is 4.90 Å². The van der Waals surface area contributed by atoms with Crippen LogP contribution in [0.25, 0.3) is 38.4 Å². The van der Waals surface area contributed by atoms with Crippen LogP contribution in [0.1, 0.15) is 4.88 Å². The summed E-state index contributed by atoms with van der Waals surface area (Å²) in [4.78, 5) is 2.15. The van der Waals surface area contributed by atoms with Crippen molar-refractivity contribution in [3.63, 3.8) is 0 Å². The lowest BCUT2D eigenvalue weighted by Gasteiger charge is -2.09. The summed E-state index contributed by atoms with van der Waals surface area (Å²) in [6.45, 7) is 0. The third kappa shape index (κ3) is 3.36. The van der Waals surface area contributed by atoms with Gasteiger partial charge in [0.05, 0.1) is 0 Å². The molecule has 0 bridgehead atoms. The molecule has 0 spiro atoms. The molecular weight excluding hydrogens is 354 g/mol. The van der Waals surface area contributed by atoms with E-state index in [2.05, 4.69) is 79.4 Å². The molecule has 1 aromatic heterocycles. The summed E-state index contributed by atoms with van der Waals surface area (Å²) in [5.74, 6) is 0. The van der Waals surface area contributed by atoms with E-state index >= 15 is 0 Å². The van der Waals surface area contributed by atoms with Gasteiger partial charge in [-0.15, -0.1) is 24.0 Å². The summed E-state index contributed by atoms with van der Waals surface area (Å²) < 4.78 is 1.26. The van der Waals surface area contributed by atoms with Gasteiger partial charge in [-0.25, -0.2) is 0 Å². The lowest BCUT2D eigenvalue weighted by molar-refractivity contribution is 1.45. The number of hydrogen-bond acceptors (Lipinski definition) is 3. The molecular formula is C23H17NS2. The minimum atomic E-state index is 0.982. The van der Waals surface area contributed by atoms with Gasteiger partial charge in [-0.05, 0) is 70.1 Å². The highest BCUT2D eigenvalue weighted by molar-refractivity contribution is 7.80. The molecule has 4 aromatic rings. The smallest absolute Gasteiger partial charge is 0.0349 e. The maximum absolute atomic E-state index is 7.13. The van der Waals surface area contributed by atoms with E-state index in [4.69, 9.17) is 5.41 Å². The van der Waals surface area contributed by atoms with Crippen LogP contribution in [-0.2, 0) is 0 Å². The van der Waals surface area contributed by atoms with Gasteiger partial charge in [0.2, 0.25) is 0 Å². The van der Waals surface area contributed by atoms with E-state index in [1.807, 2.05) is 12.1 Å². The third-order valence-electron chi connectivity index (χ3n) is 4.31. The molecule has 0 atom stereocenters. The van der Waals surface area contributed by atoms with Crippen molar-refractivity contribution >= 4 is 46.3 Å². The molecule has 0 amide bonds. The average Bonchev–Trinajstić information content (AvgIpc) is 3.09. The topological polar surface area (TPSA) is 23.9 Å². The maximum atomic E-state index is 7.13. The number of benzene rings is 3. The summed E-state index contributed by atoms with van der Waals surface area (Å²) in [6, 6.07) is 25.5. The first kappa shape index (κ1) is 16.8. The normalized spacial score (nSPS) is 11.3. The minimum absolute atomic E-state index is 0.982. The standard InChI is InChI=1S/C23H17NS2/c24-12-4-7-20-14-19-13-17(9-11-23(19)26-20)18-8-10-22(25)21(15-18)16-5-2-1-3-6-16/h1-15,24-25H/b7-4-,24-12?. The van der Waals surface area contributed by atoms with Crippen molar-refractivity contribution in [1.82, 2.24) is 0 Å². The van der Waals surface area contributed by atoms with Crippen LogP contribution in [0.3, 0.4) is 0 Å². The van der Waals surface area contributed by atoms with Crippen LogP contribution >= 0.6 is 24.0 Å². The predicted molar refractivity (Wildman–Crippen MR) is 118 cm³/mol. The first-order chi connectivity index (χ1) is 12.7. The number of rotatable bonds is 4. The molecule has 0 radical (unpaired) electrons. The van der Waals surface area contributed by atoms with Gasteiger partial charge in [0.25, 0.3) is 0 Å². The van der Waals surface area contributed by atoms with Gasteiger partial charge in [0.1, 0.15) is 0 Å². The summed E-state index contributed by atoms with van der Waals surface area (Å²) in [5, 5.41) is 8.36. The Labute approximate surface area is 162 Å². The van der Waals surface area contributed by atoms with E-state index in [0.29, 0.717) is 0 Å². The Morgan fingerprint density at radius 2 is 1.58 bits per heavy atom. The second-order valence-electron chi connectivity index (χ2n) is 6.03. The van der Waals surface area contributed by atoms with Crippen molar-refractivity contribution < 1.29 is 0 Å². The monoisotopic (exact) mass is 371 g/mol. The second kappa shape index (κ2) is 7.32. The van der Waals surface area contributed by atoms with Crippen LogP contribution in [0.5, 0.6) is 0 Å². The van der Waals surface area contributed by atoms with Crippen LogP contribution in [-0.4, -0.2) is 6.21 Å². The molecule has 3 heteroatoms. The van der Waals surface area contributed by atoms with Gasteiger partial charge in [0, 0.05) is 20.7 Å². The van der Waals surface area contributed by atoms with E-state index in [0.717, 1.165) is 15.3 Å². The van der Waals surface area contributed by atoms with Crippen molar-refractivity contribution in [3.05, 3.63) is 83.7 Å². The fraction of sp³-hybridized carbons (Fsp3) is 0. The molecule has 126 valence electrons. The lowest BCUT2D eigenvalue weighted by Crippen LogP contribution is -1.83. The zero-order valence-electron chi connectivity index (χ0n) is 14.0. The highest BCUT2D eigenvalue weighted by Crippen LogP contribution is 2.34. The number of hydrogen-bond donors (Lipinski definition) is 2. The molecule has 0 fully saturated rings. The fourth-order valence-electron chi connectivity index (χ4n) is 3.03. The summed E-state index contributed by atoms with van der Waals surface area (Å²) >= 11 is 6.38. The Bertz CT molecular complexity index is 1110. The Hall–Kier alpha value is -2.62. The minimum Gasteiger partial charge on any atom is -0.309 e. The summed E-state index contributed by atoms with van der Waals surface area (Å²) in [7, 11) is 0. The zero-order valence-corrected chi connectivity index (χ0v) is 15.7. The molecule has 0 saturated carbocycles. The highest BCUT2D eigenvalue weighted by atomic mass is 32.1. The molecule has 3 aromatic carbocycles. The van der Waals surface area contributed by atoms with Crippen molar-refractivity contribution in [2.24, 2.45) is 0 Å². The molecule has 1 nitrogen and oxygen atoms in total. The molecule has 1 heterocycles. The van der Waals surface area contributed by atoms with Crippen LogP contribution in [0.15, 0.2) is 83.8 Å². The number of fused-ring (bicyclic) bond motifs is 1. The maximum Gasteiger partial charge on any atom is 0.0349 e. The van der Waals surface area contributed by atoms with Crippen LogP contribution < -0.4 is 0 Å². The van der Waals surface area contributed by atoms with Gasteiger partial charge in [0.15, 0.2) is 0 Å².